The Kier molecular flexibility index (Phi) is 8.71. The zero-order chi connectivity index (χ0) is 30.7. The maximum absolute atomic E-state index is 14.5. The molecule has 12 nitrogen and oxygen atoms in total. The summed E-state index contributed by atoms with van der Waals surface area (Å²) in [6, 6.07) is 8.96. The van der Waals surface area contributed by atoms with Crippen molar-refractivity contribution in [1.29, 1.82) is 0 Å². The predicted octanol–water partition coefficient (Wildman–Crippen LogP) is 5.49. The molecule has 2 bridgehead atoms. The van der Waals surface area contributed by atoms with Crippen molar-refractivity contribution in [2.45, 2.75) is 39.2 Å². The zero-order valence-electron chi connectivity index (χ0n) is 23.6. The second kappa shape index (κ2) is 12.6. The highest BCUT2D eigenvalue weighted by Crippen LogP contribution is 2.34. The number of carbonyl (C=O) groups excluding carboxylic acids is 3. The fourth-order valence-electron chi connectivity index (χ4n) is 4.97. The van der Waals surface area contributed by atoms with Crippen molar-refractivity contribution in [2.75, 3.05) is 17.7 Å². The standard InChI is InChI=1S/C29H30ClFN8O4/c1-15(2)17-6-4-8-20(35-28(41)23-14-39(38-37-23)24-9-5-7-19(30)25(24)31)26-32-13-22(34-26)18-11-10-16(33-29(42)43-3)12-21(18)36-27(17)40/h5,7,9-15,17,20H,4,6,8H2,1-3H3,(H,32,34)(H,33,42)(H,35,41)(H,36,40). The summed E-state index contributed by atoms with van der Waals surface area (Å²) in [6.07, 6.45) is 4.02. The number of nitrogens with one attached hydrogen (secondary N) is 4. The minimum atomic E-state index is -0.680. The van der Waals surface area contributed by atoms with E-state index in [1.807, 2.05) is 13.8 Å². The van der Waals surface area contributed by atoms with Crippen molar-refractivity contribution in [1.82, 2.24) is 30.3 Å². The highest BCUT2D eigenvalue weighted by Gasteiger charge is 2.27. The molecule has 5 rings (SSSR count). The molecule has 0 aliphatic carbocycles. The largest absolute Gasteiger partial charge is 0.453 e. The van der Waals surface area contributed by atoms with Crippen molar-refractivity contribution in [3.63, 3.8) is 0 Å². The topological polar surface area (TPSA) is 156 Å². The van der Waals surface area contributed by atoms with Crippen molar-refractivity contribution in [3.8, 4) is 16.9 Å². The van der Waals surface area contributed by atoms with E-state index in [2.05, 4.69) is 31.2 Å². The number of amides is 3. The first-order chi connectivity index (χ1) is 20.6. The van der Waals surface area contributed by atoms with Gasteiger partial charge in [0.25, 0.3) is 5.91 Å². The molecule has 2 aromatic heterocycles. The lowest BCUT2D eigenvalue weighted by Crippen LogP contribution is -2.31. The van der Waals surface area contributed by atoms with E-state index in [0.717, 1.165) is 4.68 Å². The number of H-pyrrole nitrogens is 1. The van der Waals surface area contributed by atoms with Crippen LogP contribution in [0.5, 0.6) is 0 Å². The summed E-state index contributed by atoms with van der Waals surface area (Å²) < 4.78 is 20.3. The fourth-order valence-corrected chi connectivity index (χ4v) is 5.14. The van der Waals surface area contributed by atoms with Crippen LogP contribution in [0.25, 0.3) is 16.9 Å². The van der Waals surface area contributed by atoms with Gasteiger partial charge in [0.1, 0.15) is 11.5 Å². The molecule has 43 heavy (non-hydrogen) atoms. The maximum atomic E-state index is 14.5. The fraction of sp³-hybridized carbons (Fsp3) is 0.310. The molecule has 2 aromatic carbocycles. The SMILES string of the molecule is COC(=O)Nc1ccc2c(c1)NC(=O)C(C(C)C)CCCC(NC(=O)c1cn(-c3cccc(Cl)c3F)nn1)c1nc-2c[nH]1. The first kappa shape index (κ1) is 29.7. The number of benzene rings is 2. The normalized spacial score (nSPS) is 16.8. The van der Waals surface area contributed by atoms with Crippen molar-refractivity contribution >= 4 is 40.9 Å². The van der Waals surface area contributed by atoms with E-state index in [9.17, 15) is 18.8 Å². The van der Waals surface area contributed by atoms with Crippen LogP contribution in [0.15, 0.2) is 48.8 Å². The summed E-state index contributed by atoms with van der Waals surface area (Å²) in [5.74, 6) is -1.12. The average Bonchev–Trinajstić information content (AvgIpc) is 3.66. The molecule has 0 saturated heterocycles. The van der Waals surface area contributed by atoms with Gasteiger partial charge in [-0.1, -0.05) is 43.1 Å². The lowest BCUT2D eigenvalue weighted by Gasteiger charge is -2.23. The minimum absolute atomic E-state index is 0.0207. The van der Waals surface area contributed by atoms with Crippen molar-refractivity contribution in [3.05, 3.63) is 71.2 Å². The highest BCUT2D eigenvalue weighted by molar-refractivity contribution is 6.30. The molecule has 224 valence electrons. The Hall–Kier alpha value is -4.78. The summed E-state index contributed by atoms with van der Waals surface area (Å²) in [4.78, 5) is 46.4. The van der Waals surface area contributed by atoms with Crippen LogP contribution in [0.4, 0.5) is 20.6 Å². The molecule has 14 heteroatoms. The second-order valence-corrected chi connectivity index (χ2v) is 10.9. The first-order valence-corrected chi connectivity index (χ1v) is 14.1. The quantitative estimate of drug-likeness (QED) is 0.233. The Balaban J connectivity index is 1.45. The number of ether oxygens (including phenoxy) is 1. The molecule has 0 spiro atoms. The molecule has 2 unspecified atom stereocenters. The molecular weight excluding hydrogens is 579 g/mol. The molecule has 4 aromatic rings. The van der Waals surface area contributed by atoms with E-state index in [1.165, 1.54) is 25.4 Å². The number of nitrogens with zero attached hydrogens (tertiary/aromatic N) is 4. The number of anilines is 2. The predicted molar refractivity (Wildman–Crippen MR) is 157 cm³/mol. The Morgan fingerprint density at radius 3 is 2.79 bits per heavy atom. The molecular formula is C29H30ClFN8O4. The number of halogens is 2. The number of carbonyl (C=O) groups is 3. The van der Waals surface area contributed by atoms with Gasteiger partial charge in [-0.25, -0.2) is 18.9 Å². The van der Waals surface area contributed by atoms with E-state index in [0.29, 0.717) is 47.7 Å². The third-order valence-electron chi connectivity index (χ3n) is 7.27. The van der Waals surface area contributed by atoms with Crippen LogP contribution in [-0.2, 0) is 9.53 Å². The summed E-state index contributed by atoms with van der Waals surface area (Å²) in [6.45, 7) is 3.96. The number of methoxy groups -OCH3 is 1. The molecule has 1 aliphatic rings. The number of rotatable bonds is 5. The maximum Gasteiger partial charge on any atom is 0.411 e. The van der Waals surface area contributed by atoms with Gasteiger partial charge >= 0.3 is 6.09 Å². The summed E-state index contributed by atoms with van der Waals surface area (Å²) in [5, 5.41) is 16.3. The van der Waals surface area contributed by atoms with Crippen LogP contribution in [0, 0.1) is 17.7 Å². The van der Waals surface area contributed by atoms with Crippen LogP contribution in [0.3, 0.4) is 0 Å². The Labute approximate surface area is 251 Å². The summed E-state index contributed by atoms with van der Waals surface area (Å²) in [7, 11) is 1.26. The van der Waals surface area contributed by atoms with Crippen LogP contribution < -0.4 is 16.0 Å². The summed E-state index contributed by atoms with van der Waals surface area (Å²) in [5.41, 5.74) is 2.08. The molecule has 4 N–H and O–H groups in total. The molecule has 3 amide bonds. The number of aromatic nitrogens is 5. The minimum Gasteiger partial charge on any atom is -0.453 e. The van der Waals surface area contributed by atoms with Gasteiger partial charge in [-0.3, -0.25) is 14.9 Å². The van der Waals surface area contributed by atoms with Crippen LogP contribution in [-0.4, -0.2) is 50.0 Å². The third kappa shape index (κ3) is 6.51. The van der Waals surface area contributed by atoms with Gasteiger partial charge in [-0.15, -0.1) is 5.10 Å². The summed E-state index contributed by atoms with van der Waals surface area (Å²) >= 11 is 5.89. The van der Waals surface area contributed by atoms with E-state index < -0.39 is 23.9 Å². The molecule has 3 heterocycles. The van der Waals surface area contributed by atoms with Gasteiger partial charge in [0.05, 0.1) is 35.8 Å². The van der Waals surface area contributed by atoms with Gasteiger partial charge in [-0.2, -0.15) is 0 Å². The number of fused-ring (bicyclic) bond motifs is 4. The molecule has 2 atom stereocenters. The van der Waals surface area contributed by atoms with Crippen LogP contribution >= 0.6 is 11.6 Å². The van der Waals surface area contributed by atoms with Gasteiger partial charge in [-0.05, 0) is 49.1 Å². The van der Waals surface area contributed by atoms with Gasteiger partial charge in [0.15, 0.2) is 11.5 Å². The smallest absolute Gasteiger partial charge is 0.411 e. The third-order valence-corrected chi connectivity index (χ3v) is 7.56. The molecule has 0 radical (unpaired) electrons. The number of hydrogen-bond acceptors (Lipinski definition) is 7. The van der Waals surface area contributed by atoms with Crippen LogP contribution in [0.2, 0.25) is 5.02 Å². The highest BCUT2D eigenvalue weighted by atomic mass is 35.5. The Morgan fingerprint density at radius 2 is 2.02 bits per heavy atom. The van der Waals surface area contributed by atoms with E-state index in [1.54, 1.807) is 30.5 Å². The molecule has 1 aliphatic heterocycles. The van der Waals surface area contributed by atoms with Gasteiger partial charge in [0, 0.05) is 23.4 Å². The number of imidazole rings is 1. The number of aromatic amines is 1. The van der Waals surface area contributed by atoms with Gasteiger partial charge < -0.3 is 20.4 Å². The van der Waals surface area contributed by atoms with Crippen LogP contribution in [0.1, 0.15) is 55.5 Å². The zero-order valence-corrected chi connectivity index (χ0v) is 24.4. The van der Waals surface area contributed by atoms with E-state index in [-0.39, 0.29) is 34.1 Å². The first-order valence-electron chi connectivity index (χ1n) is 13.7. The van der Waals surface area contributed by atoms with E-state index >= 15 is 0 Å². The number of hydrogen-bond donors (Lipinski definition) is 4. The monoisotopic (exact) mass is 608 g/mol. The Bertz CT molecular complexity index is 1670. The second-order valence-electron chi connectivity index (χ2n) is 10.5. The lowest BCUT2D eigenvalue weighted by atomic mass is 9.88. The average molecular weight is 609 g/mol. The molecule has 0 fully saturated rings. The van der Waals surface area contributed by atoms with Crippen molar-refractivity contribution < 1.29 is 23.5 Å². The lowest BCUT2D eigenvalue weighted by molar-refractivity contribution is -0.121. The molecule has 0 saturated carbocycles. The Morgan fingerprint density at radius 1 is 1.21 bits per heavy atom. The van der Waals surface area contributed by atoms with Crippen molar-refractivity contribution in [2.24, 2.45) is 11.8 Å². The van der Waals surface area contributed by atoms with Gasteiger partial charge in [0.2, 0.25) is 5.91 Å². The van der Waals surface area contributed by atoms with E-state index in [4.69, 9.17) is 21.3 Å².